The van der Waals surface area contributed by atoms with Crippen molar-refractivity contribution in [1.82, 2.24) is 29.6 Å². The van der Waals surface area contributed by atoms with E-state index < -0.39 is 0 Å². The summed E-state index contributed by atoms with van der Waals surface area (Å²) in [5, 5.41) is 7.44. The van der Waals surface area contributed by atoms with Gasteiger partial charge in [-0.1, -0.05) is 0 Å². The van der Waals surface area contributed by atoms with E-state index in [0.29, 0.717) is 19.0 Å². The zero-order valence-corrected chi connectivity index (χ0v) is 17.8. The summed E-state index contributed by atoms with van der Waals surface area (Å²) in [6, 6.07) is 8.51. The van der Waals surface area contributed by atoms with Crippen molar-refractivity contribution in [3.63, 3.8) is 0 Å². The third-order valence-corrected chi connectivity index (χ3v) is 6.40. The standard InChI is InChI=1S/C24H24N6O2/c1-15(17-10-23(31)26-11-17)32-22-9-16(8-21-24(22)29(14-27-21)19-2-3-19)18-12-28-30(13-18)20-4-6-25-7-5-20/h4-9,12-15,17,19H,2-3,10-11H2,1H3,(H,26,31)/t15?,17-/m1/s1. The Morgan fingerprint density at radius 3 is 2.78 bits per heavy atom. The summed E-state index contributed by atoms with van der Waals surface area (Å²) in [5.74, 6) is 1.06. The SMILES string of the molecule is CC(Oc1cc(-c2cnn(-c3ccncc3)c2)cc2ncn(C3CC3)c12)[C@H]1CNC(=O)C1. The van der Waals surface area contributed by atoms with Crippen LogP contribution in [0.25, 0.3) is 27.8 Å². The molecule has 3 aromatic heterocycles. The fourth-order valence-electron chi connectivity index (χ4n) is 4.38. The predicted molar refractivity (Wildman–Crippen MR) is 120 cm³/mol. The van der Waals surface area contributed by atoms with Gasteiger partial charge in [-0.3, -0.25) is 9.78 Å². The first-order valence-electron chi connectivity index (χ1n) is 11.0. The van der Waals surface area contributed by atoms with Gasteiger partial charge in [-0.05, 0) is 49.6 Å². The number of carbonyl (C=O) groups excluding carboxylic acids is 1. The fraction of sp³-hybridized carbons (Fsp3) is 0.333. The number of ether oxygens (including phenoxy) is 1. The molecule has 2 aliphatic rings. The Morgan fingerprint density at radius 2 is 2.03 bits per heavy atom. The van der Waals surface area contributed by atoms with E-state index in [0.717, 1.165) is 33.6 Å². The lowest BCUT2D eigenvalue weighted by molar-refractivity contribution is -0.119. The van der Waals surface area contributed by atoms with Gasteiger partial charge in [0.2, 0.25) is 5.91 Å². The summed E-state index contributed by atoms with van der Waals surface area (Å²) < 4.78 is 10.6. The summed E-state index contributed by atoms with van der Waals surface area (Å²) in [5.41, 5.74) is 4.88. The maximum Gasteiger partial charge on any atom is 0.220 e. The second-order valence-corrected chi connectivity index (χ2v) is 8.70. The van der Waals surface area contributed by atoms with Crippen LogP contribution in [-0.2, 0) is 4.79 Å². The van der Waals surface area contributed by atoms with Crippen molar-refractivity contribution in [2.45, 2.75) is 38.3 Å². The maximum atomic E-state index is 11.7. The molecule has 1 unspecified atom stereocenters. The monoisotopic (exact) mass is 428 g/mol. The van der Waals surface area contributed by atoms with Gasteiger partial charge in [0.05, 0.1) is 23.7 Å². The molecule has 8 nitrogen and oxygen atoms in total. The lowest BCUT2D eigenvalue weighted by Gasteiger charge is -2.21. The average molecular weight is 428 g/mol. The van der Waals surface area contributed by atoms with Crippen molar-refractivity contribution >= 4 is 16.9 Å². The molecule has 1 aromatic carbocycles. The number of rotatable bonds is 6. The van der Waals surface area contributed by atoms with Gasteiger partial charge in [-0.25, -0.2) is 9.67 Å². The summed E-state index contributed by atoms with van der Waals surface area (Å²) >= 11 is 0. The van der Waals surface area contributed by atoms with Gasteiger partial charge in [0.25, 0.3) is 0 Å². The van der Waals surface area contributed by atoms with E-state index >= 15 is 0 Å². The molecule has 8 heteroatoms. The van der Waals surface area contributed by atoms with Gasteiger partial charge in [0.15, 0.2) is 0 Å². The third kappa shape index (κ3) is 3.41. The van der Waals surface area contributed by atoms with E-state index in [1.165, 1.54) is 12.8 Å². The molecular formula is C24H24N6O2. The number of pyridine rings is 1. The highest BCUT2D eigenvalue weighted by molar-refractivity contribution is 5.88. The number of hydrogen-bond acceptors (Lipinski definition) is 5. The summed E-state index contributed by atoms with van der Waals surface area (Å²) in [4.78, 5) is 20.5. The Hall–Kier alpha value is -3.68. The maximum absolute atomic E-state index is 11.7. The Balaban J connectivity index is 1.39. The summed E-state index contributed by atoms with van der Waals surface area (Å²) in [6.45, 7) is 2.70. The molecule has 4 aromatic rings. The number of benzene rings is 1. The average Bonchev–Trinajstić information content (AvgIpc) is 3.19. The van der Waals surface area contributed by atoms with Crippen molar-refractivity contribution < 1.29 is 9.53 Å². The summed E-state index contributed by atoms with van der Waals surface area (Å²) in [6.07, 6.45) is 12.0. The van der Waals surface area contributed by atoms with Crippen molar-refractivity contribution in [2.75, 3.05) is 6.54 Å². The van der Waals surface area contributed by atoms with Crippen LogP contribution in [0.5, 0.6) is 5.75 Å². The lowest BCUT2D eigenvalue weighted by Crippen LogP contribution is -2.25. The highest BCUT2D eigenvalue weighted by Crippen LogP contribution is 2.41. The highest BCUT2D eigenvalue weighted by Gasteiger charge is 2.30. The fourth-order valence-corrected chi connectivity index (χ4v) is 4.38. The molecule has 1 N–H and O–H groups in total. The molecule has 6 rings (SSSR count). The van der Waals surface area contributed by atoms with Crippen LogP contribution in [0, 0.1) is 5.92 Å². The number of imidazole rings is 1. The molecule has 1 amide bonds. The van der Waals surface area contributed by atoms with Crippen molar-refractivity contribution in [2.24, 2.45) is 5.92 Å². The molecule has 2 atom stereocenters. The van der Waals surface area contributed by atoms with Crippen molar-refractivity contribution in [1.29, 1.82) is 0 Å². The molecule has 1 aliphatic heterocycles. The summed E-state index contributed by atoms with van der Waals surface area (Å²) in [7, 11) is 0. The van der Waals surface area contributed by atoms with Crippen LogP contribution < -0.4 is 10.1 Å². The Labute approximate surface area is 185 Å². The number of hydrogen-bond donors (Lipinski definition) is 1. The Kier molecular flexibility index (Phi) is 4.45. The molecule has 1 saturated carbocycles. The lowest BCUT2D eigenvalue weighted by atomic mass is 10.0. The molecule has 0 radical (unpaired) electrons. The van der Waals surface area contributed by atoms with E-state index in [4.69, 9.17) is 4.74 Å². The number of aromatic nitrogens is 5. The van der Waals surface area contributed by atoms with E-state index in [9.17, 15) is 4.79 Å². The van der Waals surface area contributed by atoms with Crippen LogP contribution >= 0.6 is 0 Å². The topological polar surface area (TPSA) is 86.9 Å². The van der Waals surface area contributed by atoms with Crippen LogP contribution in [0.15, 0.2) is 55.4 Å². The molecule has 4 heterocycles. The second-order valence-electron chi connectivity index (χ2n) is 8.70. The first kappa shape index (κ1) is 19.0. The minimum absolute atomic E-state index is 0.0884. The van der Waals surface area contributed by atoms with Crippen LogP contribution in [0.3, 0.4) is 0 Å². The van der Waals surface area contributed by atoms with Crippen molar-refractivity contribution in [3.8, 4) is 22.6 Å². The quantitative estimate of drug-likeness (QED) is 0.508. The zero-order valence-electron chi connectivity index (χ0n) is 17.8. The normalized spacial score (nSPS) is 19.3. The van der Waals surface area contributed by atoms with Gasteiger partial charge < -0.3 is 14.6 Å². The van der Waals surface area contributed by atoms with E-state index in [2.05, 4.69) is 37.1 Å². The molecular weight excluding hydrogens is 404 g/mol. The van der Waals surface area contributed by atoms with Gasteiger partial charge in [-0.15, -0.1) is 0 Å². The van der Waals surface area contributed by atoms with E-state index in [1.54, 1.807) is 12.4 Å². The molecule has 1 saturated heterocycles. The molecule has 32 heavy (non-hydrogen) atoms. The van der Waals surface area contributed by atoms with Gasteiger partial charge >= 0.3 is 0 Å². The van der Waals surface area contributed by atoms with E-state index in [1.807, 2.05) is 42.5 Å². The number of nitrogens with one attached hydrogen (secondary N) is 1. The van der Waals surface area contributed by atoms with E-state index in [-0.39, 0.29) is 17.9 Å². The van der Waals surface area contributed by atoms with Gasteiger partial charge in [0, 0.05) is 49.1 Å². The molecule has 1 aliphatic carbocycles. The second kappa shape index (κ2) is 7.47. The van der Waals surface area contributed by atoms with Crippen LogP contribution in [0.4, 0.5) is 0 Å². The molecule has 2 fully saturated rings. The Bertz CT molecular complexity index is 1290. The minimum atomic E-state index is -0.0884. The zero-order chi connectivity index (χ0) is 21.7. The van der Waals surface area contributed by atoms with Gasteiger partial charge in [0.1, 0.15) is 17.4 Å². The number of nitrogens with zero attached hydrogens (tertiary/aromatic N) is 5. The first-order chi connectivity index (χ1) is 15.7. The number of fused-ring (bicyclic) bond motifs is 1. The van der Waals surface area contributed by atoms with Crippen molar-refractivity contribution in [3.05, 3.63) is 55.4 Å². The molecule has 0 bridgehead atoms. The van der Waals surface area contributed by atoms with Crippen LogP contribution in [-0.4, -0.2) is 42.9 Å². The first-order valence-corrected chi connectivity index (χ1v) is 11.0. The van der Waals surface area contributed by atoms with Crippen LogP contribution in [0.2, 0.25) is 0 Å². The largest absolute Gasteiger partial charge is 0.488 e. The third-order valence-electron chi connectivity index (χ3n) is 6.40. The Morgan fingerprint density at radius 1 is 1.19 bits per heavy atom. The number of carbonyl (C=O) groups is 1. The number of amides is 1. The minimum Gasteiger partial charge on any atom is -0.488 e. The molecule has 0 spiro atoms. The highest BCUT2D eigenvalue weighted by atomic mass is 16.5. The molecule has 162 valence electrons. The van der Waals surface area contributed by atoms with Crippen LogP contribution in [0.1, 0.15) is 32.2 Å². The smallest absolute Gasteiger partial charge is 0.220 e. The predicted octanol–water partition coefficient (Wildman–Crippen LogP) is 3.52. The van der Waals surface area contributed by atoms with Gasteiger partial charge in [-0.2, -0.15) is 5.10 Å².